The van der Waals surface area contributed by atoms with Crippen molar-refractivity contribution in [2.75, 3.05) is 7.11 Å². The second kappa shape index (κ2) is 7.79. The van der Waals surface area contributed by atoms with Crippen LogP contribution in [0.15, 0.2) is 69.2 Å². The molecule has 1 heterocycles. The average Bonchev–Trinajstić information content (AvgIpc) is 3.06. The van der Waals surface area contributed by atoms with E-state index in [1.807, 2.05) is 25.1 Å². The maximum absolute atomic E-state index is 10.4. The number of phenols is 2. The topological polar surface area (TPSA) is 108 Å². The van der Waals surface area contributed by atoms with Crippen LogP contribution in [0.3, 0.4) is 0 Å². The van der Waals surface area contributed by atoms with Crippen molar-refractivity contribution in [3.8, 4) is 23.0 Å². The molecule has 0 bridgehead atoms. The number of azo groups is 1. The number of rotatable bonds is 5. The first-order valence-corrected chi connectivity index (χ1v) is 9.26. The molecule has 0 atom stereocenters. The van der Waals surface area contributed by atoms with Crippen molar-refractivity contribution in [1.29, 1.82) is 0 Å². The van der Waals surface area contributed by atoms with Gasteiger partial charge >= 0.3 is 0 Å². The lowest BCUT2D eigenvalue weighted by Gasteiger charge is -2.07. The molecule has 7 heteroatoms. The quantitative estimate of drug-likeness (QED) is 0.285. The van der Waals surface area contributed by atoms with Crippen LogP contribution in [-0.4, -0.2) is 22.4 Å². The Balaban J connectivity index is 1.64. The van der Waals surface area contributed by atoms with Crippen LogP contribution in [0.2, 0.25) is 0 Å². The van der Waals surface area contributed by atoms with Gasteiger partial charge in [0.1, 0.15) is 22.8 Å². The molecule has 7 nitrogen and oxygen atoms in total. The van der Waals surface area contributed by atoms with Crippen molar-refractivity contribution < 1.29 is 24.5 Å². The maximum atomic E-state index is 10.4. The summed E-state index contributed by atoms with van der Waals surface area (Å²) in [6.45, 7) is 1.90. The highest BCUT2D eigenvalue weighted by Crippen LogP contribution is 2.40. The van der Waals surface area contributed by atoms with Gasteiger partial charge in [0.25, 0.3) is 5.88 Å². The number of ether oxygens (including phenoxy) is 1. The van der Waals surface area contributed by atoms with E-state index in [9.17, 15) is 15.3 Å². The lowest BCUT2D eigenvalue weighted by molar-refractivity contribution is 0.415. The van der Waals surface area contributed by atoms with E-state index in [0.717, 1.165) is 11.1 Å². The molecule has 0 unspecified atom stereocenters. The van der Waals surface area contributed by atoms with Gasteiger partial charge in [0.2, 0.25) is 0 Å². The number of phenolic OH excluding ortho intramolecular Hbond substituents is 2. The smallest absolute Gasteiger partial charge is 0.282 e. The van der Waals surface area contributed by atoms with Crippen LogP contribution < -0.4 is 4.74 Å². The number of fused-ring (bicyclic) bond motifs is 1. The molecule has 152 valence electrons. The Kier molecular flexibility index (Phi) is 5.02. The first-order valence-electron chi connectivity index (χ1n) is 9.26. The van der Waals surface area contributed by atoms with E-state index in [1.54, 1.807) is 25.3 Å². The predicted octanol–water partition coefficient (Wildman–Crippen LogP) is 5.87. The lowest BCUT2D eigenvalue weighted by Crippen LogP contribution is -1.89. The third-order valence-electron chi connectivity index (χ3n) is 4.83. The molecule has 4 rings (SSSR count). The third-order valence-corrected chi connectivity index (χ3v) is 4.83. The second-order valence-electron chi connectivity index (χ2n) is 6.93. The largest absolute Gasteiger partial charge is 0.508 e. The van der Waals surface area contributed by atoms with Gasteiger partial charge in [0.05, 0.1) is 18.2 Å². The van der Waals surface area contributed by atoms with Crippen molar-refractivity contribution in [3.05, 3.63) is 71.3 Å². The van der Waals surface area contributed by atoms with Crippen LogP contribution >= 0.6 is 0 Å². The molecule has 1 aromatic heterocycles. The highest BCUT2D eigenvalue weighted by molar-refractivity contribution is 5.89. The SMILES string of the molecule is COc1ccc2oc(N=Nc3cc(Cc4cc(O)ccc4O)ccc3C)c(O)c2c1. The van der Waals surface area contributed by atoms with Crippen LogP contribution in [0.1, 0.15) is 16.7 Å². The first-order chi connectivity index (χ1) is 14.4. The average molecular weight is 404 g/mol. The summed E-state index contributed by atoms with van der Waals surface area (Å²) in [5.74, 6) is 0.701. The fraction of sp³-hybridized carbons (Fsp3) is 0.130. The summed E-state index contributed by atoms with van der Waals surface area (Å²) in [5.41, 5.74) is 3.45. The molecule has 0 amide bonds. The number of benzene rings is 3. The van der Waals surface area contributed by atoms with Crippen molar-refractivity contribution in [3.63, 3.8) is 0 Å². The summed E-state index contributed by atoms with van der Waals surface area (Å²) >= 11 is 0. The highest BCUT2D eigenvalue weighted by Gasteiger charge is 2.14. The van der Waals surface area contributed by atoms with Gasteiger partial charge in [0, 0.05) is 12.0 Å². The van der Waals surface area contributed by atoms with Gasteiger partial charge in [-0.3, -0.25) is 0 Å². The summed E-state index contributed by atoms with van der Waals surface area (Å²) in [6, 6.07) is 15.2. The molecule has 0 saturated heterocycles. The molecule has 0 aliphatic carbocycles. The highest BCUT2D eigenvalue weighted by atomic mass is 16.5. The zero-order chi connectivity index (χ0) is 21.3. The minimum atomic E-state index is -0.105. The van der Waals surface area contributed by atoms with Gasteiger partial charge in [-0.05, 0) is 60.5 Å². The maximum Gasteiger partial charge on any atom is 0.282 e. The van der Waals surface area contributed by atoms with E-state index >= 15 is 0 Å². The van der Waals surface area contributed by atoms with Gasteiger partial charge in [0.15, 0.2) is 5.75 Å². The predicted molar refractivity (Wildman–Crippen MR) is 112 cm³/mol. The number of aromatic hydroxyl groups is 3. The number of hydrogen-bond acceptors (Lipinski definition) is 7. The Bertz CT molecular complexity index is 1260. The molecule has 0 aliphatic heterocycles. The molecule has 0 radical (unpaired) electrons. The van der Waals surface area contributed by atoms with Crippen molar-refractivity contribution in [2.24, 2.45) is 10.2 Å². The lowest BCUT2D eigenvalue weighted by atomic mass is 10.0. The van der Waals surface area contributed by atoms with Crippen LogP contribution in [-0.2, 0) is 6.42 Å². The van der Waals surface area contributed by atoms with Crippen molar-refractivity contribution in [1.82, 2.24) is 0 Å². The van der Waals surface area contributed by atoms with Gasteiger partial charge in [-0.1, -0.05) is 12.1 Å². The third kappa shape index (κ3) is 3.77. The summed E-state index contributed by atoms with van der Waals surface area (Å²) < 4.78 is 10.8. The molecule has 0 saturated carbocycles. The molecule has 0 aliphatic rings. The van der Waals surface area contributed by atoms with E-state index in [1.165, 1.54) is 18.2 Å². The number of furan rings is 1. The first kappa shape index (κ1) is 19.3. The molecule has 0 spiro atoms. The Morgan fingerprint density at radius 3 is 2.57 bits per heavy atom. The van der Waals surface area contributed by atoms with Gasteiger partial charge in [-0.15, -0.1) is 10.2 Å². The van der Waals surface area contributed by atoms with E-state index in [-0.39, 0.29) is 23.1 Å². The Morgan fingerprint density at radius 2 is 1.77 bits per heavy atom. The van der Waals surface area contributed by atoms with E-state index in [4.69, 9.17) is 9.15 Å². The molecule has 3 aromatic carbocycles. The van der Waals surface area contributed by atoms with Crippen LogP contribution in [0.25, 0.3) is 11.0 Å². The molecular weight excluding hydrogens is 384 g/mol. The van der Waals surface area contributed by atoms with Crippen LogP contribution in [0.4, 0.5) is 11.6 Å². The fourth-order valence-corrected chi connectivity index (χ4v) is 3.15. The normalized spacial score (nSPS) is 11.4. The molecular formula is C23H20N2O5. The molecule has 0 fully saturated rings. The Hall–Kier alpha value is -4.00. The van der Waals surface area contributed by atoms with E-state index < -0.39 is 0 Å². The number of aryl methyl sites for hydroxylation is 1. The minimum Gasteiger partial charge on any atom is -0.508 e. The number of hydrogen-bond donors (Lipinski definition) is 3. The minimum absolute atomic E-state index is 0.00804. The van der Waals surface area contributed by atoms with Gasteiger partial charge in [-0.25, -0.2) is 0 Å². The van der Waals surface area contributed by atoms with Crippen LogP contribution in [0, 0.1) is 6.92 Å². The molecule has 30 heavy (non-hydrogen) atoms. The molecule has 4 aromatic rings. The van der Waals surface area contributed by atoms with Gasteiger partial charge in [-0.2, -0.15) is 0 Å². The summed E-state index contributed by atoms with van der Waals surface area (Å²) in [5, 5.41) is 38.9. The standard InChI is InChI=1S/C23H20N2O5/c1-13-3-4-14(9-15-11-16(26)5-7-20(15)27)10-19(13)24-25-23-22(28)18-12-17(29-2)6-8-21(18)30-23/h3-8,10-12,26-28H,9H2,1-2H3. The van der Waals surface area contributed by atoms with Crippen molar-refractivity contribution >= 4 is 22.5 Å². The summed E-state index contributed by atoms with van der Waals surface area (Å²) in [7, 11) is 1.55. The molecule has 3 N–H and O–H groups in total. The zero-order valence-electron chi connectivity index (χ0n) is 16.5. The summed E-state index contributed by atoms with van der Waals surface area (Å²) in [4.78, 5) is 0. The van der Waals surface area contributed by atoms with Crippen LogP contribution in [0.5, 0.6) is 23.0 Å². The van der Waals surface area contributed by atoms with Crippen molar-refractivity contribution in [2.45, 2.75) is 13.3 Å². The zero-order valence-corrected chi connectivity index (χ0v) is 16.5. The Morgan fingerprint density at radius 1 is 0.933 bits per heavy atom. The monoisotopic (exact) mass is 404 g/mol. The van der Waals surface area contributed by atoms with E-state index in [2.05, 4.69) is 10.2 Å². The Labute approximate surface area is 172 Å². The number of methoxy groups -OCH3 is 1. The summed E-state index contributed by atoms with van der Waals surface area (Å²) in [6.07, 6.45) is 0.415. The fourth-order valence-electron chi connectivity index (χ4n) is 3.15. The van der Waals surface area contributed by atoms with Gasteiger partial charge < -0.3 is 24.5 Å². The second-order valence-corrected chi connectivity index (χ2v) is 6.93. The van der Waals surface area contributed by atoms with E-state index in [0.29, 0.717) is 34.4 Å². The number of nitrogens with zero attached hydrogens (tertiary/aromatic N) is 2.